The molecule has 0 heterocycles. The lowest BCUT2D eigenvalue weighted by Gasteiger charge is -2.12. The van der Waals surface area contributed by atoms with E-state index in [1.54, 1.807) is 0 Å². The predicted molar refractivity (Wildman–Crippen MR) is 65.7 cm³/mol. The van der Waals surface area contributed by atoms with Crippen molar-refractivity contribution in [2.75, 3.05) is 13.1 Å². The Kier molecular flexibility index (Phi) is 8.29. The van der Waals surface area contributed by atoms with Crippen molar-refractivity contribution in [2.45, 2.75) is 37.8 Å². The van der Waals surface area contributed by atoms with Gasteiger partial charge in [-0.3, -0.25) is 9.59 Å². The molecule has 0 aliphatic rings. The van der Waals surface area contributed by atoms with Gasteiger partial charge in [-0.05, 0) is 32.2 Å². The highest BCUT2D eigenvalue weighted by Crippen LogP contribution is 1.95. The third-order valence-corrected chi connectivity index (χ3v) is 2.41. The van der Waals surface area contributed by atoms with E-state index < -0.39 is 18.0 Å². The van der Waals surface area contributed by atoms with Gasteiger partial charge in [0.1, 0.15) is 0 Å². The molecule has 2 atom stereocenters. The average molecular weight is 245 g/mol. The highest BCUT2D eigenvalue weighted by molar-refractivity contribution is 5.81. The summed E-state index contributed by atoms with van der Waals surface area (Å²) in [5.41, 5.74) is 21.4. The molecule has 0 aromatic rings. The monoisotopic (exact) mass is 245 g/mol. The number of carbonyl (C=O) groups is 2. The van der Waals surface area contributed by atoms with Crippen LogP contribution in [0.4, 0.5) is 0 Å². The Balaban J connectivity index is 3.60. The second-order valence-electron chi connectivity index (χ2n) is 3.98. The van der Waals surface area contributed by atoms with Crippen LogP contribution in [0.1, 0.15) is 25.7 Å². The Bertz CT molecular complexity index is 247. The third kappa shape index (κ3) is 7.67. The Morgan fingerprint density at radius 1 is 1.06 bits per heavy atom. The molecule has 0 aromatic carbocycles. The fourth-order valence-corrected chi connectivity index (χ4v) is 1.28. The van der Waals surface area contributed by atoms with Crippen LogP contribution in [0.3, 0.4) is 0 Å². The highest BCUT2D eigenvalue weighted by atomic mass is 16.2. The van der Waals surface area contributed by atoms with E-state index in [9.17, 15) is 9.59 Å². The lowest BCUT2D eigenvalue weighted by molar-refractivity contribution is -0.122. The number of carbonyl (C=O) groups excluding carboxylic acids is 2. The van der Waals surface area contributed by atoms with Crippen LogP contribution in [0.25, 0.3) is 0 Å². The zero-order valence-electron chi connectivity index (χ0n) is 10.0. The van der Waals surface area contributed by atoms with Gasteiger partial charge >= 0.3 is 0 Å². The van der Waals surface area contributed by atoms with E-state index in [1.165, 1.54) is 0 Å². The first-order chi connectivity index (χ1) is 7.99. The summed E-state index contributed by atoms with van der Waals surface area (Å²) in [5, 5.41) is 2.67. The molecule has 0 aliphatic heterocycles. The van der Waals surface area contributed by atoms with E-state index in [2.05, 4.69) is 5.32 Å². The molecule has 0 aromatic heterocycles. The summed E-state index contributed by atoms with van der Waals surface area (Å²) >= 11 is 0. The van der Waals surface area contributed by atoms with Crippen LogP contribution in [0, 0.1) is 0 Å². The van der Waals surface area contributed by atoms with Crippen molar-refractivity contribution in [1.29, 1.82) is 0 Å². The van der Waals surface area contributed by atoms with Crippen molar-refractivity contribution in [2.24, 2.45) is 22.9 Å². The summed E-state index contributed by atoms with van der Waals surface area (Å²) in [6.07, 6.45) is 2.34. The number of nitrogens with one attached hydrogen (secondary N) is 1. The molecule has 2 amide bonds. The number of nitrogens with two attached hydrogens (primary N) is 4. The van der Waals surface area contributed by atoms with Gasteiger partial charge in [0.25, 0.3) is 0 Å². The Morgan fingerprint density at radius 2 is 1.65 bits per heavy atom. The number of rotatable bonds is 9. The maximum atomic E-state index is 11.4. The van der Waals surface area contributed by atoms with Crippen molar-refractivity contribution in [3.63, 3.8) is 0 Å². The van der Waals surface area contributed by atoms with Crippen molar-refractivity contribution < 1.29 is 9.59 Å². The fraction of sp³-hybridized carbons (Fsp3) is 0.800. The normalized spacial score (nSPS) is 14.1. The first-order valence-electron chi connectivity index (χ1n) is 5.77. The van der Waals surface area contributed by atoms with Crippen LogP contribution in [0.15, 0.2) is 0 Å². The Morgan fingerprint density at radius 3 is 2.18 bits per heavy atom. The largest absolute Gasteiger partial charge is 0.368 e. The van der Waals surface area contributed by atoms with Crippen LogP contribution < -0.4 is 28.3 Å². The van der Waals surface area contributed by atoms with E-state index in [1.807, 2.05) is 0 Å². The van der Waals surface area contributed by atoms with Gasteiger partial charge in [-0.2, -0.15) is 0 Å². The molecule has 0 bridgehead atoms. The molecule has 0 saturated carbocycles. The summed E-state index contributed by atoms with van der Waals surface area (Å²) in [7, 11) is 0. The van der Waals surface area contributed by atoms with Gasteiger partial charge in [-0.1, -0.05) is 0 Å². The number of hydrogen-bond donors (Lipinski definition) is 5. The zero-order chi connectivity index (χ0) is 13.3. The van der Waals surface area contributed by atoms with Crippen LogP contribution >= 0.6 is 0 Å². The topological polar surface area (TPSA) is 150 Å². The number of hydrogen-bond acceptors (Lipinski definition) is 5. The maximum absolute atomic E-state index is 11.4. The van der Waals surface area contributed by atoms with Gasteiger partial charge in [-0.25, -0.2) is 0 Å². The van der Waals surface area contributed by atoms with Crippen molar-refractivity contribution in [3.05, 3.63) is 0 Å². The molecule has 0 radical (unpaired) electrons. The highest BCUT2D eigenvalue weighted by Gasteiger charge is 2.12. The molecule has 7 heteroatoms. The van der Waals surface area contributed by atoms with E-state index in [0.717, 1.165) is 6.42 Å². The molecule has 7 nitrogen and oxygen atoms in total. The van der Waals surface area contributed by atoms with E-state index in [4.69, 9.17) is 22.9 Å². The fourth-order valence-electron chi connectivity index (χ4n) is 1.28. The minimum absolute atomic E-state index is 0.203. The lowest BCUT2D eigenvalue weighted by Crippen LogP contribution is -2.42. The predicted octanol–water partition coefficient (Wildman–Crippen LogP) is -2.24. The van der Waals surface area contributed by atoms with Gasteiger partial charge in [-0.15, -0.1) is 0 Å². The summed E-state index contributed by atoms with van der Waals surface area (Å²) in [6, 6.07) is -1.18. The van der Waals surface area contributed by atoms with Gasteiger partial charge in [0.05, 0.1) is 12.1 Å². The second kappa shape index (κ2) is 8.91. The van der Waals surface area contributed by atoms with Crippen LogP contribution in [0.5, 0.6) is 0 Å². The van der Waals surface area contributed by atoms with Gasteiger partial charge in [0, 0.05) is 6.54 Å². The number of primary amides is 1. The summed E-state index contributed by atoms with van der Waals surface area (Å²) in [5.74, 6) is -0.734. The molecule has 0 aliphatic carbocycles. The molecule has 0 saturated heterocycles. The van der Waals surface area contributed by atoms with E-state index in [-0.39, 0.29) is 5.91 Å². The van der Waals surface area contributed by atoms with Crippen molar-refractivity contribution >= 4 is 11.8 Å². The second-order valence-corrected chi connectivity index (χ2v) is 3.98. The zero-order valence-corrected chi connectivity index (χ0v) is 10.0. The third-order valence-electron chi connectivity index (χ3n) is 2.41. The van der Waals surface area contributed by atoms with Crippen molar-refractivity contribution in [1.82, 2.24) is 5.32 Å². The first kappa shape index (κ1) is 15.8. The lowest BCUT2D eigenvalue weighted by atomic mass is 10.1. The van der Waals surface area contributed by atoms with Crippen LogP contribution in [-0.2, 0) is 9.59 Å². The summed E-state index contributed by atoms with van der Waals surface area (Å²) in [4.78, 5) is 22.1. The SMILES string of the molecule is NCCC[C@H](N)C(=O)NCCC[C@H](N)C(N)=O. The van der Waals surface area contributed by atoms with Crippen molar-refractivity contribution in [3.8, 4) is 0 Å². The first-order valence-corrected chi connectivity index (χ1v) is 5.77. The molecular weight excluding hydrogens is 222 g/mol. The summed E-state index contributed by atoms with van der Waals surface area (Å²) < 4.78 is 0. The van der Waals surface area contributed by atoms with Gasteiger partial charge < -0.3 is 28.3 Å². The molecule has 0 fully saturated rings. The molecule has 0 rings (SSSR count). The number of amides is 2. The Hall–Kier alpha value is -1.18. The maximum Gasteiger partial charge on any atom is 0.236 e. The molecule has 0 spiro atoms. The molecule has 17 heavy (non-hydrogen) atoms. The molecular formula is C10H23N5O2. The van der Waals surface area contributed by atoms with Gasteiger partial charge in [0.2, 0.25) is 11.8 Å². The minimum Gasteiger partial charge on any atom is -0.368 e. The van der Waals surface area contributed by atoms with E-state index >= 15 is 0 Å². The minimum atomic E-state index is -0.655. The summed E-state index contributed by atoms with van der Waals surface area (Å²) in [6.45, 7) is 0.963. The quantitative estimate of drug-likeness (QED) is 0.291. The van der Waals surface area contributed by atoms with Gasteiger partial charge in [0.15, 0.2) is 0 Å². The smallest absolute Gasteiger partial charge is 0.236 e. The standard InChI is InChI=1S/C10H23N5O2/c11-5-1-3-8(13)10(17)15-6-2-4-7(12)9(14)16/h7-8H,1-6,11-13H2,(H2,14,16)(H,15,17)/t7-,8-/m0/s1. The molecule has 100 valence electrons. The molecule has 9 N–H and O–H groups in total. The Labute approximate surface area is 101 Å². The molecule has 0 unspecified atom stereocenters. The average Bonchev–Trinajstić information content (AvgIpc) is 2.30. The van der Waals surface area contributed by atoms with Crippen LogP contribution in [0.2, 0.25) is 0 Å². The van der Waals surface area contributed by atoms with E-state index in [0.29, 0.717) is 32.4 Å². The van der Waals surface area contributed by atoms with Crippen LogP contribution in [-0.4, -0.2) is 37.0 Å².